The van der Waals surface area contributed by atoms with Gasteiger partial charge in [0.15, 0.2) is 5.82 Å². The minimum atomic E-state index is -0.403. The lowest BCUT2D eigenvalue weighted by atomic mass is 9.96. The van der Waals surface area contributed by atoms with Gasteiger partial charge in [-0.3, -0.25) is 14.7 Å². The van der Waals surface area contributed by atoms with Gasteiger partial charge in [0.25, 0.3) is 5.91 Å². The van der Waals surface area contributed by atoms with Gasteiger partial charge in [-0.05, 0) is 48.9 Å². The first-order valence-electron chi connectivity index (χ1n) is 9.86. The van der Waals surface area contributed by atoms with Crippen molar-refractivity contribution in [2.45, 2.75) is 13.0 Å². The van der Waals surface area contributed by atoms with Gasteiger partial charge >= 0.3 is 0 Å². The highest BCUT2D eigenvalue weighted by atomic mass is 16.5. The maximum atomic E-state index is 13.4. The number of aryl methyl sites for hydroxylation is 1. The number of aromatic nitrogens is 2. The molecule has 0 fully saturated rings. The van der Waals surface area contributed by atoms with Crippen molar-refractivity contribution in [3.63, 3.8) is 0 Å². The van der Waals surface area contributed by atoms with Crippen LogP contribution in [0.3, 0.4) is 0 Å². The number of ether oxygens (including phenoxy) is 1. The van der Waals surface area contributed by atoms with Crippen LogP contribution in [0.15, 0.2) is 78.0 Å². The fraction of sp³-hybridized carbons (Fsp3) is 0.125. The number of allylic oxidation sites excluding steroid dienone is 2. The number of benzene rings is 2. The molecule has 1 aromatic heterocycles. The van der Waals surface area contributed by atoms with Crippen molar-refractivity contribution in [1.29, 1.82) is 0 Å². The second-order valence-corrected chi connectivity index (χ2v) is 7.29. The molecule has 2 aliphatic rings. The number of nitrogens with zero attached hydrogens (tertiary/aromatic N) is 4. The third-order valence-electron chi connectivity index (χ3n) is 5.44. The third-order valence-corrected chi connectivity index (χ3v) is 5.44. The number of phenols is 1. The molecule has 0 amide bonds. The highest BCUT2D eigenvalue weighted by molar-refractivity contribution is 6.11. The van der Waals surface area contributed by atoms with Gasteiger partial charge in [-0.1, -0.05) is 30.3 Å². The molecule has 0 aliphatic carbocycles. The fourth-order valence-electron chi connectivity index (χ4n) is 3.93. The Morgan fingerprint density at radius 2 is 1.87 bits per heavy atom. The molecule has 31 heavy (non-hydrogen) atoms. The number of rotatable bonds is 3. The molecule has 0 radical (unpaired) electrons. The van der Waals surface area contributed by atoms with Gasteiger partial charge in [-0.2, -0.15) is 9.78 Å². The van der Waals surface area contributed by atoms with Gasteiger partial charge in [0.1, 0.15) is 23.4 Å². The van der Waals surface area contributed by atoms with Crippen molar-refractivity contribution in [2.24, 2.45) is 4.99 Å². The Morgan fingerprint density at radius 1 is 1.10 bits per heavy atom. The largest absolute Gasteiger partial charge is 0.507 e. The van der Waals surface area contributed by atoms with Crippen LogP contribution in [-0.2, 0) is 0 Å². The Morgan fingerprint density at radius 3 is 2.61 bits per heavy atom. The number of aromatic hydroxyl groups is 1. The number of hydrogen-bond donors (Lipinski definition) is 1. The monoisotopic (exact) mass is 412 g/mol. The molecule has 0 bridgehead atoms. The van der Waals surface area contributed by atoms with E-state index in [0.717, 1.165) is 16.9 Å². The van der Waals surface area contributed by atoms with E-state index >= 15 is 0 Å². The molecular weight excluding hydrogens is 392 g/mol. The summed E-state index contributed by atoms with van der Waals surface area (Å²) in [7, 11) is 1.63. The summed E-state index contributed by atoms with van der Waals surface area (Å²) < 4.78 is 6.64. The zero-order chi connectivity index (χ0) is 21.5. The van der Waals surface area contributed by atoms with E-state index < -0.39 is 5.91 Å². The number of carbonyl (C=O) groups excluding carboxylic acids is 1. The lowest BCUT2D eigenvalue weighted by Crippen LogP contribution is -2.34. The first-order valence-corrected chi connectivity index (χ1v) is 9.86. The normalized spacial score (nSPS) is 16.5. The van der Waals surface area contributed by atoms with Gasteiger partial charge in [0.05, 0.1) is 18.4 Å². The van der Waals surface area contributed by atoms with Crippen LogP contribution in [0.1, 0.15) is 33.2 Å². The van der Waals surface area contributed by atoms with Crippen molar-refractivity contribution in [1.82, 2.24) is 9.78 Å². The van der Waals surface area contributed by atoms with E-state index in [-0.39, 0.29) is 17.4 Å². The number of aliphatic imine (C=N–C) groups is 1. The number of methoxy groups -OCH3 is 1. The summed E-state index contributed by atoms with van der Waals surface area (Å²) in [5.41, 5.74) is 2.70. The molecule has 0 spiro atoms. The summed E-state index contributed by atoms with van der Waals surface area (Å²) in [4.78, 5) is 20.2. The number of para-hydroxylation sites is 1. The zero-order valence-electron chi connectivity index (χ0n) is 17.1. The molecular formula is C24H20N4O3. The standard InChI is InChI=1S/C24H20N4O3/c1-15-21-22(16-10-12-17(31-2)13-11-16)25-20-9-5-6-14-27(20)23(21)28(26-15)24(30)18-7-3-4-8-19(18)29/h3-14,22,29H,1-2H3. The molecule has 1 N–H and O–H groups in total. The minimum absolute atomic E-state index is 0.0834. The molecule has 5 rings (SSSR count). The van der Waals surface area contributed by atoms with Gasteiger partial charge in [0, 0.05) is 11.8 Å². The van der Waals surface area contributed by atoms with E-state index in [4.69, 9.17) is 9.73 Å². The Balaban J connectivity index is 1.70. The third kappa shape index (κ3) is 3.02. The molecule has 154 valence electrons. The number of phenolic OH excluding ortho intramolecular Hbond substituents is 1. The van der Waals surface area contributed by atoms with Crippen LogP contribution in [0.2, 0.25) is 0 Å². The Hall–Kier alpha value is -4.13. The van der Waals surface area contributed by atoms with E-state index in [1.165, 1.54) is 10.7 Å². The van der Waals surface area contributed by atoms with E-state index in [9.17, 15) is 9.90 Å². The molecule has 1 unspecified atom stereocenters. The lowest BCUT2D eigenvalue weighted by molar-refractivity contribution is 0.0944. The fourth-order valence-corrected chi connectivity index (χ4v) is 3.93. The van der Waals surface area contributed by atoms with Crippen molar-refractivity contribution in [3.8, 4) is 11.5 Å². The number of amidine groups is 1. The van der Waals surface area contributed by atoms with Gasteiger partial charge in [-0.15, -0.1) is 0 Å². The SMILES string of the molecule is COc1ccc(C2N=C3C=CC=CN3c3c2c(C)nn3C(=O)c2ccccc2O)cc1. The maximum absolute atomic E-state index is 13.4. The summed E-state index contributed by atoms with van der Waals surface area (Å²) in [5.74, 6) is 1.61. The van der Waals surface area contributed by atoms with E-state index in [0.29, 0.717) is 17.3 Å². The summed E-state index contributed by atoms with van der Waals surface area (Å²) in [6.07, 6.45) is 7.55. The second kappa shape index (κ2) is 7.28. The summed E-state index contributed by atoms with van der Waals surface area (Å²) in [5, 5.41) is 14.8. The van der Waals surface area contributed by atoms with Crippen molar-refractivity contribution >= 4 is 17.6 Å². The quantitative estimate of drug-likeness (QED) is 0.704. The number of hydrogen-bond acceptors (Lipinski definition) is 6. The van der Waals surface area contributed by atoms with E-state index in [1.807, 2.05) is 60.5 Å². The smallest absolute Gasteiger partial charge is 0.283 e. The molecule has 2 aromatic carbocycles. The number of fused-ring (bicyclic) bond motifs is 3. The van der Waals surface area contributed by atoms with Crippen LogP contribution in [-0.4, -0.2) is 33.7 Å². The molecule has 7 nitrogen and oxygen atoms in total. The molecule has 0 saturated heterocycles. The first-order chi connectivity index (χ1) is 15.1. The van der Waals surface area contributed by atoms with Crippen LogP contribution in [0.4, 0.5) is 5.82 Å². The topological polar surface area (TPSA) is 80.0 Å². The first kappa shape index (κ1) is 18.9. The number of anilines is 1. The van der Waals surface area contributed by atoms with Crippen LogP contribution >= 0.6 is 0 Å². The molecule has 3 heterocycles. The van der Waals surface area contributed by atoms with Crippen LogP contribution in [0.25, 0.3) is 0 Å². The van der Waals surface area contributed by atoms with Gasteiger partial charge in [-0.25, -0.2) is 0 Å². The van der Waals surface area contributed by atoms with E-state index in [1.54, 1.807) is 25.3 Å². The minimum Gasteiger partial charge on any atom is -0.507 e. The molecule has 1 atom stereocenters. The lowest BCUT2D eigenvalue weighted by Gasteiger charge is -2.31. The van der Waals surface area contributed by atoms with E-state index in [2.05, 4.69) is 5.10 Å². The zero-order valence-corrected chi connectivity index (χ0v) is 17.1. The average molecular weight is 412 g/mol. The Bertz CT molecular complexity index is 1270. The maximum Gasteiger partial charge on any atom is 0.283 e. The summed E-state index contributed by atoms with van der Waals surface area (Å²) in [6, 6.07) is 13.9. The Labute approximate surface area is 179 Å². The van der Waals surface area contributed by atoms with Crippen molar-refractivity contribution < 1.29 is 14.6 Å². The molecule has 0 saturated carbocycles. The highest BCUT2D eigenvalue weighted by Crippen LogP contribution is 2.41. The highest BCUT2D eigenvalue weighted by Gasteiger charge is 2.35. The predicted molar refractivity (Wildman–Crippen MR) is 118 cm³/mol. The van der Waals surface area contributed by atoms with Crippen molar-refractivity contribution in [2.75, 3.05) is 12.0 Å². The van der Waals surface area contributed by atoms with Crippen LogP contribution in [0, 0.1) is 6.92 Å². The summed E-state index contributed by atoms with van der Waals surface area (Å²) >= 11 is 0. The average Bonchev–Trinajstić information content (AvgIpc) is 3.16. The summed E-state index contributed by atoms with van der Waals surface area (Å²) in [6.45, 7) is 1.87. The predicted octanol–water partition coefficient (Wildman–Crippen LogP) is 3.99. The van der Waals surface area contributed by atoms with Gasteiger partial charge in [0.2, 0.25) is 0 Å². The van der Waals surface area contributed by atoms with Gasteiger partial charge < -0.3 is 9.84 Å². The van der Waals surface area contributed by atoms with Crippen LogP contribution in [0.5, 0.6) is 11.5 Å². The Kier molecular flexibility index (Phi) is 4.43. The molecule has 7 heteroatoms. The molecule has 2 aliphatic heterocycles. The second-order valence-electron chi connectivity index (χ2n) is 7.29. The molecule has 3 aromatic rings. The number of carbonyl (C=O) groups is 1. The van der Waals surface area contributed by atoms with Crippen LogP contribution < -0.4 is 9.64 Å². The van der Waals surface area contributed by atoms with Crippen molar-refractivity contribution in [3.05, 3.63) is 95.3 Å².